The second kappa shape index (κ2) is 3.91. The van der Waals surface area contributed by atoms with Crippen LogP contribution in [0.4, 0.5) is 0 Å². The van der Waals surface area contributed by atoms with Crippen molar-refractivity contribution in [3.63, 3.8) is 0 Å². The van der Waals surface area contributed by atoms with Gasteiger partial charge in [-0.15, -0.1) is 11.3 Å². The topological polar surface area (TPSA) is 38.9 Å². The normalized spacial score (nSPS) is 13.7. The average Bonchev–Trinajstić information content (AvgIpc) is 2.58. The van der Waals surface area contributed by atoms with E-state index in [-0.39, 0.29) is 6.04 Å². The number of aryl methyl sites for hydroxylation is 1. The largest absolute Gasteiger partial charge is 0.322 e. The van der Waals surface area contributed by atoms with Crippen LogP contribution in [0.5, 0.6) is 0 Å². The summed E-state index contributed by atoms with van der Waals surface area (Å²) in [5, 5.41) is 1.05. The highest BCUT2D eigenvalue weighted by Gasteiger charge is 2.15. The van der Waals surface area contributed by atoms with Gasteiger partial charge in [-0.25, -0.2) is 4.98 Å². The van der Waals surface area contributed by atoms with Crippen LogP contribution >= 0.6 is 11.3 Å². The third-order valence-corrected chi connectivity index (χ3v) is 3.70. The monoisotopic (exact) mass is 220 g/mol. The second-order valence-electron chi connectivity index (χ2n) is 4.29. The molecular weight excluding hydrogens is 204 g/mol. The van der Waals surface area contributed by atoms with Gasteiger partial charge in [-0.2, -0.15) is 0 Å². The molecule has 2 nitrogen and oxygen atoms in total. The molecule has 80 valence electrons. The minimum atomic E-state index is 0.0581. The van der Waals surface area contributed by atoms with E-state index in [1.165, 1.54) is 10.3 Å². The third kappa shape index (κ3) is 2.03. The Morgan fingerprint density at radius 2 is 2.07 bits per heavy atom. The molecule has 2 aromatic rings. The molecule has 0 spiro atoms. The van der Waals surface area contributed by atoms with Crippen molar-refractivity contribution in [2.24, 2.45) is 11.7 Å². The first-order valence-electron chi connectivity index (χ1n) is 5.20. The van der Waals surface area contributed by atoms with E-state index in [2.05, 4.69) is 44.0 Å². The molecule has 0 saturated carbocycles. The van der Waals surface area contributed by atoms with Crippen molar-refractivity contribution >= 4 is 21.6 Å². The number of nitrogens with zero attached hydrogens (tertiary/aromatic N) is 1. The molecule has 0 fully saturated rings. The van der Waals surface area contributed by atoms with Crippen LogP contribution in [0.1, 0.15) is 30.5 Å². The number of fused-ring (bicyclic) bond motifs is 1. The van der Waals surface area contributed by atoms with Gasteiger partial charge >= 0.3 is 0 Å². The summed E-state index contributed by atoms with van der Waals surface area (Å²) in [5.41, 5.74) is 8.41. The number of rotatable bonds is 2. The van der Waals surface area contributed by atoms with Gasteiger partial charge < -0.3 is 5.73 Å². The summed E-state index contributed by atoms with van der Waals surface area (Å²) in [6.45, 7) is 6.34. The summed E-state index contributed by atoms with van der Waals surface area (Å²) >= 11 is 1.71. The summed E-state index contributed by atoms with van der Waals surface area (Å²) < 4.78 is 1.23. The van der Waals surface area contributed by atoms with Crippen LogP contribution < -0.4 is 5.73 Å². The quantitative estimate of drug-likeness (QED) is 0.843. The van der Waals surface area contributed by atoms with Crippen LogP contribution in [0, 0.1) is 12.8 Å². The summed E-state index contributed by atoms with van der Waals surface area (Å²) in [6.07, 6.45) is 0. The van der Waals surface area contributed by atoms with Gasteiger partial charge in [0.1, 0.15) is 5.01 Å². The van der Waals surface area contributed by atoms with Crippen LogP contribution in [-0.2, 0) is 0 Å². The zero-order chi connectivity index (χ0) is 11.0. The maximum Gasteiger partial charge on any atom is 0.111 e. The summed E-state index contributed by atoms with van der Waals surface area (Å²) in [7, 11) is 0. The van der Waals surface area contributed by atoms with Crippen LogP contribution in [0.25, 0.3) is 10.2 Å². The van der Waals surface area contributed by atoms with Gasteiger partial charge in [-0.1, -0.05) is 19.9 Å². The fourth-order valence-electron chi connectivity index (χ4n) is 1.48. The predicted octanol–water partition coefficient (Wildman–Crippen LogP) is 3.26. The zero-order valence-corrected chi connectivity index (χ0v) is 10.1. The van der Waals surface area contributed by atoms with Gasteiger partial charge in [-0.3, -0.25) is 0 Å². The van der Waals surface area contributed by atoms with Crippen LogP contribution in [0.3, 0.4) is 0 Å². The smallest absolute Gasteiger partial charge is 0.111 e. The number of hydrogen-bond donors (Lipinski definition) is 1. The van der Waals surface area contributed by atoms with E-state index in [9.17, 15) is 0 Å². The van der Waals surface area contributed by atoms with Gasteiger partial charge in [-0.05, 0) is 30.5 Å². The number of thiazole rings is 1. The van der Waals surface area contributed by atoms with E-state index in [0.29, 0.717) is 5.92 Å². The van der Waals surface area contributed by atoms with Crippen molar-refractivity contribution < 1.29 is 0 Å². The first-order chi connectivity index (χ1) is 7.08. The lowest BCUT2D eigenvalue weighted by molar-refractivity contribution is 0.513. The highest BCUT2D eigenvalue weighted by atomic mass is 32.1. The Bertz CT molecular complexity index is 473. The van der Waals surface area contributed by atoms with E-state index >= 15 is 0 Å². The second-order valence-corrected chi connectivity index (χ2v) is 5.36. The van der Waals surface area contributed by atoms with Gasteiger partial charge in [0.2, 0.25) is 0 Å². The first-order valence-corrected chi connectivity index (χ1v) is 6.02. The van der Waals surface area contributed by atoms with Crippen molar-refractivity contribution in [2.45, 2.75) is 26.8 Å². The van der Waals surface area contributed by atoms with Gasteiger partial charge in [0, 0.05) is 0 Å². The molecule has 0 unspecified atom stereocenters. The third-order valence-electron chi connectivity index (χ3n) is 2.56. The van der Waals surface area contributed by atoms with Gasteiger partial charge in [0.15, 0.2) is 0 Å². The molecule has 1 aromatic carbocycles. The molecule has 0 aliphatic carbocycles. The van der Waals surface area contributed by atoms with E-state index in [0.717, 1.165) is 10.5 Å². The van der Waals surface area contributed by atoms with Crippen LogP contribution in [-0.4, -0.2) is 4.98 Å². The molecule has 0 aliphatic heterocycles. The molecule has 0 saturated heterocycles. The molecule has 1 heterocycles. The molecule has 1 aromatic heterocycles. The number of benzene rings is 1. The molecule has 1 atom stereocenters. The molecule has 0 aliphatic rings. The van der Waals surface area contributed by atoms with Gasteiger partial charge in [0.05, 0.1) is 16.3 Å². The fraction of sp³-hybridized carbons (Fsp3) is 0.417. The number of nitrogens with two attached hydrogens (primary N) is 1. The fourth-order valence-corrected chi connectivity index (χ4v) is 2.61. The highest BCUT2D eigenvalue weighted by Crippen LogP contribution is 2.29. The molecule has 0 amide bonds. The van der Waals surface area contributed by atoms with Crippen molar-refractivity contribution in [3.05, 3.63) is 28.8 Å². The van der Waals surface area contributed by atoms with E-state index in [4.69, 9.17) is 5.73 Å². The van der Waals surface area contributed by atoms with Gasteiger partial charge in [0.25, 0.3) is 0 Å². The maximum atomic E-state index is 6.09. The Balaban J connectivity index is 2.47. The molecule has 0 radical (unpaired) electrons. The molecule has 0 bridgehead atoms. The molecule has 3 heteroatoms. The zero-order valence-electron chi connectivity index (χ0n) is 9.32. The minimum absolute atomic E-state index is 0.0581. The predicted molar refractivity (Wildman–Crippen MR) is 66.1 cm³/mol. The molecule has 15 heavy (non-hydrogen) atoms. The highest BCUT2D eigenvalue weighted by molar-refractivity contribution is 7.18. The Morgan fingerprint density at radius 3 is 2.73 bits per heavy atom. The Hall–Kier alpha value is -0.930. The molecular formula is C12H16N2S. The standard InChI is InChI=1S/C12H16N2S/c1-7(2)11(13)12-14-9-6-8(3)4-5-10(9)15-12/h4-7,11H,13H2,1-3H3/t11-/m0/s1. The Morgan fingerprint density at radius 1 is 1.33 bits per heavy atom. The van der Waals surface area contributed by atoms with E-state index in [1.54, 1.807) is 11.3 Å². The Kier molecular flexibility index (Phi) is 2.76. The Labute approximate surface area is 94.1 Å². The SMILES string of the molecule is Cc1ccc2sc([C@@H](N)C(C)C)nc2c1. The number of aromatic nitrogens is 1. The first kappa shape index (κ1) is 10.6. The minimum Gasteiger partial charge on any atom is -0.322 e. The molecule has 2 N–H and O–H groups in total. The summed E-state index contributed by atoms with van der Waals surface area (Å²) in [6, 6.07) is 6.41. The van der Waals surface area contributed by atoms with Crippen molar-refractivity contribution in [3.8, 4) is 0 Å². The lowest BCUT2D eigenvalue weighted by atomic mass is 10.1. The lowest BCUT2D eigenvalue weighted by Crippen LogP contribution is -2.16. The lowest BCUT2D eigenvalue weighted by Gasteiger charge is -2.11. The summed E-state index contributed by atoms with van der Waals surface area (Å²) in [4.78, 5) is 4.59. The average molecular weight is 220 g/mol. The number of hydrogen-bond acceptors (Lipinski definition) is 3. The maximum absolute atomic E-state index is 6.09. The van der Waals surface area contributed by atoms with Crippen LogP contribution in [0.2, 0.25) is 0 Å². The summed E-state index contributed by atoms with van der Waals surface area (Å²) in [5.74, 6) is 0.437. The van der Waals surface area contributed by atoms with E-state index < -0.39 is 0 Å². The van der Waals surface area contributed by atoms with E-state index in [1.807, 2.05) is 0 Å². The van der Waals surface area contributed by atoms with Crippen molar-refractivity contribution in [1.82, 2.24) is 4.98 Å². The molecule has 2 rings (SSSR count). The van der Waals surface area contributed by atoms with Crippen LogP contribution in [0.15, 0.2) is 18.2 Å². The van der Waals surface area contributed by atoms with Crippen molar-refractivity contribution in [2.75, 3.05) is 0 Å². The van der Waals surface area contributed by atoms with Crippen molar-refractivity contribution in [1.29, 1.82) is 0 Å².